The number of nitrogen functional groups attached to an aromatic ring is 1. The number of fused-ring (bicyclic) bond motifs is 1. The highest BCUT2D eigenvalue weighted by Crippen LogP contribution is 2.34. The summed E-state index contributed by atoms with van der Waals surface area (Å²) in [6, 6.07) is 6.03. The first-order chi connectivity index (χ1) is 10.2. The first-order valence-electron chi connectivity index (χ1n) is 7.93. The van der Waals surface area contributed by atoms with Crippen LogP contribution >= 0.6 is 0 Å². The third-order valence-electron chi connectivity index (χ3n) is 4.72. The second kappa shape index (κ2) is 6.06. The fourth-order valence-electron chi connectivity index (χ4n) is 3.41. The van der Waals surface area contributed by atoms with Crippen LogP contribution in [0.2, 0.25) is 0 Å². The summed E-state index contributed by atoms with van der Waals surface area (Å²) < 4.78 is 5.56. The van der Waals surface area contributed by atoms with Crippen molar-refractivity contribution in [2.75, 3.05) is 18.9 Å². The van der Waals surface area contributed by atoms with Crippen LogP contribution in [0, 0.1) is 5.92 Å². The largest absolute Gasteiger partial charge is 0.398 e. The van der Waals surface area contributed by atoms with Crippen molar-refractivity contribution in [1.29, 1.82) is 0 Å². The van der Waals surface area contributed by atoms with Gasteiger partial charge in [0, 0.05) is 31.8 Å². The Morgan fingerprint density at radius 1 is 1.43 bits per heavy atom. The van der Waals surface area contributed by atoms with Crippen molar-refractivity contribution in [3.05, 3.63) is 29.3 Å². The van der Waals surface area contributed by atoms with Crippen LogP contribution in [0.1, 0.15) is 37.3 Å². The predicted octanol–water partition coefficient (Wildman–Crippen LogP) is 2.36. The summed E-state index contributed by atoms with van der Waals surface area (Å²) in [5.41, 5.74) is 9.28. The summed E-state index contributed by atoms with van der Waals surface area (Å²) in [5, 5.41) is 0. The lowest BCUT2D eigenvalue weighted by Crippen LogP contribution is -2.40. The minimum absolute atomic E-state index is 0.267. The number of nitrogens with two attached hydrogens (primary N) is 1. The quantitative estimate of drug-likeness (QED) is 0.865. The molecule has 1 amide bonds. The molecule has 0 atom stereocenters. The van der Waals surface area contributed by atoms with Crippen LogP contribution in [0.3, 0.4) is 0 Å². The van der Waals surface area contributed by atoms with Crippen LogP contribution in [0.15, 0.2) is 18.2 Å². The zero-order valence-electron chi connectivity index (χ0n) is 12.7. The highest BCUT2D eigenvalue weighted by molar-refractivity contribution is 5.77. The second-order valence-corrected chi connectivity index (χ2v) is 6.17. The van der Waals surface area contributed by atoms with Crippen LogP contribution < -0.4 is 5.73 Å². The molecule has 1 fully saturated rings. The maximum Gasteiger partial charge on any atom is 0.223 e. The third-order valence-corrected chi connectivity index (χ3v) is 4.72. The third kappa shape index (κ3) is 3.05. The van der Waals surface area contributed by atoms with E-state index in [1.54, 1.807) is 0 Å². The molecule has 1 saturated carbocycles. The fraction of sp³-hybridized carbons (Fsp3) is 0.588. The molecule has 2 aliphatic rings. The maximum absolute atomic E-state index is 12.4. The number of rotatable bonds is 4. The molecular formula is C17H24N2O2. The number of ether oxygens (including phenoxy) is 1. The lowest BCUT2D eigenvalue weighted by Gasteiger charge is -2.37. The average Bonchev–Trinajstić information content (AvgIpc) is 2.45. The molecule has 4 nitrogen and oxygen atoms in total. The Morgan fingerprint density at radius 2 is 2.24 bits per heavy atom. The standard InChI is InChI=1S/C17H24N2O2/c1-2-21-14-8-12(9-14)10-17(20)19-7-6-13-4-3-5-16(18)15(13)11-19/h3-5,12,14H,2,6-11,18H2,1H3. The summed E-state index contributed by atoms with van der Waals surface area (Å²) in [7, 11) is 0. The molecular weight excluding hydrogens is 264 g/mol. The minimum Gasteiger partial charge on any atom is -0.398 e. The molecule has 0 radical (unpaired) electrons. The molecule has 0 unspecified atom stereocenters. The van der Waals surface area contributed by atoms with Gasteiger partial charge in [-0.2, -0.15) is 0 Å². The minimum atomic E-state index is 0.267. The van der Waals surface area contributed by atoms with Gasteiger partial charge in [0.25, 0.3) is 0 Å². The number of carbonyl (C=O) groups excluding carboxylic acids is 1. The Kier molecular flexibility index (Phi) is 4.15. The molecule has 0 spiro atoms. The Morgan fingerprint density at radius 3 is 3.00 bits per heavy atom. The topological polar surface area (TPSA) is 55.6 Å². The Hall–Kier alpha value is -1.55. The van der Waals surface area contributed by atoms with E-state index in [2.05, 4.69) is 6.07 Å². The monoisotopic (exact) mass is 288 g/mol. The van der Waals surface area contributed by atoms with Crippen molar-refractivity contribution in [1.82, 2.24) is 4.90 Å². The van der Waals surface area contributed by atoms with E-state index in [1.807, 2.05) is 24.0 Å². The highest BCUT2D eigenvalue weighted by Gasteiger charge is 2.33. The van der Waals surface area contributed by atoms with Gasteiger partial charge in [-0.3, -0.25) is 4.79 Å². The molecule has 3 rings (SSSR count). The van der Waals surface area contributed by atoms with Crippen LogP contribution in [0.25, 0.3) is 0 Å². The van der Waals surface area contributed by atoms with Crippen LogP contribution in [-0.2, 0) is 22.5 Å². The zero-order chi connectivity index (χ0) is 14.8. The SMILES string of the molecule is CCOC1CC(CC(=O)N2CCc3cccc(N)c3C2)C1. The number of nitrogens with zero attached hydrogens (tertiary/aromatic N) is 1. The van der Waals surface area contributed by atoms with E-state index in [1.165, 1.54) is 5.56 Å². The number of carbonyl (C=O) groups is 1. The van der Waals surface area contributed by atoms with E-state index < -0.39 is 0 Å². The van der Waals surface area contributed by atoms with Gasteiger partial charge >= 0.3 is 0 Å². The molecule has 1 aromatic carbocycles. The number of hydrogen-bond donors (Lipinski definition) is 1. The van der Waals surface area contributed by atoms with Crippen LogP contribution in [-0.4, -0.2) is 30.1 Å². The fourth-order valence-corrected chi connectivity index (χ4v) is 3.41. The molecule has 21 heavy (non-hydrogen) atoms. The normalized spacial score (nSPS) is 24.3. The zero-order valence-corrected chi connectivity index (χ0v) is 12.7. The van der Waals surface area contributed by atoms with Gasteiger partial charge in [0.05, 0.1) is 6.10 Å². The molecule has 2 N–H and O–H groups in total. The number of hydrogen-bond acceptors (Lipinski definition) is 3. The van der Waals surface area contributed by atoms with Gasteiger partial charge in [-0.25, -0.2) is 0 Å². The lowest BCUT2D eigenvalue weighted by atomic mass is 9.79. The molecule has 1 aliphatic heterocycles. The molecule has 0 saturated heterocycles. The van der Waals surface area contributed by atoms with Gasteiger partial charge < -0.3 is 15.4 Å². The van der Waals surface area contributed by atoms with Crippen molar-refractivity contribution in [2.45, 2.75) is 45.3 Å². The molecule has 0 aromatic heterocycles. The summed E-state index contributed by atoms with van der Waals surface area (Å²) >= 11 is 0. The molecule has 1 aliphatic carbocycles. The van der Waals surface area contributed by atoms with Crippen molar-refractivity contribution >= 4 is 11.6 Å². The van der Waals surface area contributed by atoms with Crippen LogP contribution in [0.4, 0.5) is 5.69 Å². The second-order valence-electron chi connectivity index (χ2n) is 6.17. The van der Waals surface area contributed by atoms with E-state index in [-0.39, 0.29) is 5.91 Å². The summed E-state index contributed by atoms with van der Waals surface area (Å²) in [6.07, 6.45) is 4.02. The first kappa shape index (κ1) is 14.4. The summed E-state index contributed by atoms with van der Waals surface area (Å²) in [6.45, 7) is 4.28. The van der Waals surface area contributed by atoms with Crippen molar-refractivity contribution in [3.8, 4) is 0 Å². The van der Waals surface area contributed by atoms with E-state index >= 15 is 0 Å². The van der Waals surface area contributed by atoms with E-state index in [9.17, 15) is 4.79 Å². The van der Waals surface area contributed by atoms with Crippen molar-refractivity contribution in [3.63, 3.8) is 0 Å². The number of amides is 1. The Labute approximate surface area is 126 Å². The van der Waals surface area contributed by atoms with Gasteiger partial charge in [-0.1, -0.05) is 12.1 Å². The van der Waals surface area contributed by atoms with E-state index in [0.29, 0.717) is 25.0 Å². The molecule has 0 bridgehead atoms. The van der Waals surface area contributed by atoms with Gasteiger partial charge in [-0.05, 0) is 49.3 Å². The highest BCUT2D eigenvalue weighted by atomic mass is 16.5. The Balaban J connectivity index is 1.54. The van der Waals surface area contributed by atoms with Crippen LogP contribution in [0.5, 0.6) is 0 Å². The smallest absolute Gasteiger partial charge is 0.223 e. The number of benzene rings is 1. The molecule has 4 heteroatoms. The molecule has 114 valence electrons. The summed E-state index contributed by atoms with van der Waals surface area (Å²) in [5.74, 6) is 0.771. The van der Waals surface area contributed by atoms with Crippen molar-refractivity contribution < 1.29 is 9.53 Å². The first-order valence-corrected chi connectivity index (χ1v) is 7.93. The molecule has 1 heterocycles. The lowest BCUT2D eigenvalue weighted by molar-refractivity contribution is -0.135. The van der Waals surface area contributed by atoms with Gasteiger partial charge in [0.2, 0.25) is 5.91 Å². The van der Waals surface area contributed by atoms with E-state index in [0.717, 1.165) is 43.7 Å². The van der Waals surface area contributed by atoms with Gasteiger partial charge in [0.15, 0.2) is 0 Å². The molecule has 1 aromatic rings. The van der Waals surface area contributed by atoms with Gasteiger partial charge in [-0.15, -0.1) is 0 Å². The van der Waals surface area contributed by atoms with E-state index in [4.69, 9.17) is 10.5 Å². The maximum atomic E-state index is 12.4. The summed E-state index contributed by atoms with van der Waals surface area (Å²) in [4.78, 5) is 14.4. The Bertz CT molecular complexity index is 524. The van der Waals surface area contributed by atoms with Crippen molar-refractivity contribution in [2.24, 2.45) is 5.92 Å². The average molecular weight is 288 g/mol. The van der Waals surface area contributed by atoms with Gasteiger partial charge in [0.1, 0.15) is 0 Å². The predicted molar refractivity (Wildman–Crippen MR) is 82.7 cm³/mol. The number of anilines is 1.